The summed E-state index contributed by atoms with van der Waals surface area (Å²) in [6.07, 6.45) is 4.15. The summed E-state index contributed by atoms with van der Waals surface area (Å²) in [5.74, 6) is 2.32. The van der Waals surface area contributed by atoms with Crippen molar-refractivity contribution in [2.75, 3.05) is 25.1 Å². The smallest absolute Gasteiger partial charge is 0.136 e. The van der Waals surface area contributed by atoms with E-state index in [1.807, 2.05) is 24.4 Å². The monoisotopic (exact) mass is 270 g/mol. The third-order valence-corrected chi connectivity index (χ3v) is 4.53. The first-order valence-corrected chi connectivity index (χ1v) is 7.10. The molecule has 0 atom stereocenters. The molecule has 2 fully saturated rings. The van der Waals surface area contributed by atoms with Crippen molar-refractivity contribution in [3.63, 3.8) is 0 Å². The van der Waals surface area contributed by atoms with Crippen molar-refractivity contribution in [1.29, 1.82) is 0 Å². The van der Waals surface area contributed by atoms with Gasteiger partial charge in [-0.05, 0) is 30.9 Å². The molecule has 20 heavy (non-hydrogen) atoms. The van der Waals surface area contributed by atoms with Gasteiger partial charge in [0.2, 0.25) is 0 Å². The molecule has 1 aliphatic heterocycles. The number of β-amino-alcohol motifs (C(OH)–C–C–N with tert-alkyl or cyclic N) is 1. The Morgan fingerprint density at radius 2 is 2.05 bits per heavy atom. The van der Waals surface area contributed by atoms with Crippen LogP contribution in [0.2, 0.25) is 0 Å². The van der Waals surface area contributed by atoms with Crippen LogP contribution in [-0.2, 0) is 0 Å². The van der Waals surface area contributed by atoms with Gasteiger partial charge in [-0.25, -0.2) is 4.98 Å². The topological polar surface area (TPSA) is 45.6 Å². The van der Waals surface area contributed by atoms with E-state index in [4.69, 9.17) is 4.74 Å². The van der Waals surface area contributed by atoms with Gasteiger partial charge < -0.3 is 14.7 Å². The zero-order chi connectivity index (χ0) is 13.7. The molecule has 4 nitrogen and oxygen atoms in total. The van der Waals surface area contributed by atoms with E-state index in [1.165, 1.54) is 12.8 Å². The molecule has 1 N–H and O–H groups in total. The Balaban J connectivity index is 1.71. The van der Waals surface area contributed by atoms with Crippen molar-refractivity contribution in [2.24, 2.45) is 5.92 Å². The lowest BCUT2D eigenvalue weighted by Crippen LogP contribution is -2.63. The molecule has 1 aromatic carbocycles. The normalized spacial score (nSPS) is 20.8. The van der Waals surface area contributed by atoms with Crippen molar-refractivity contribution in [2.45, 2.75) is 18.4 Å². The number of hydrogen-bond donors (Lipinski definition) is 1. The van der Waals surface area contributed by atoms with Gasteiger partial charge in [-0.3, -0.25) is 0 Å². The highest BCUT2D eigenvalue weighted by atomic mass is 16.5. The van der Waals surface area contributed by atoms with E-state index in [1.54, 1.807) is 7.11 Å². The Bertz CT molecular complexity index is 661. The van der Waals surface area contributed by atoms with Crippen molar-refractivity contribution in [3.05, 3.63) is 30.5 Å². The number of fused-ring (bicyclic) bond motifs is 1. The fraction of sp³-hybridized carbons (Fsp3) is 0.438. The second kappa shape index (κ2) is 4.09. The van der Waals surface area contributed by atoms with Gasteiger partial charge in [0.1, 0.15) is 17.2 Å². The maximum atomic E-state index is 10.5. The lowest BCUT2D eigenvalue weighted by atomic mass is 9.88. The predicted molar refractivity (Wildman–Crippen MR) is 78.2 cm³/mol. The molecule has 1 saturated heterocycles. The predicted octanol–water partition coefficient (Wildman–Crippen LogP) is 2.20. The van der Waals surface area contributed by atoms with Gasteiger partial charge in [-0.1, -0.05) is 12.1 Å². The summed E-state index contributed by atoms with van der Waals surface area (Å²) >= 11 is 0. The van der Waals surface area contributed by atoms with Gasteiger partial charge in [0.15, 0.2) is 0 Å². The van der Waals surface area contributed by atoms with Crippen molar-refractivity contribution in [1.82, 2.24) is 4.98 Å². The third-order valence-electron chi connectivity index (χ3n) is 4.53. The lowest BCUT2D eigenvalue weighted by molar-refractivity contribution is -0.00957. The molecule has 2 aliphatic rings. The van der Waals surface area contributed by atoms with Crippen LogP contribution in [0.3, 0.4) is 0 Å². The van der Waals surface area contributed by atoms with Gasteiger partial charge in [0.25, 0.3) is 0 Å². The first kappa shape index (κ1) is 12.0. The highest BCUT2D eigenvalue weighted by Gasteiger charge is 2.52. The second-order valence-electron chi connectivity index (χ2n) is 5.92. The minimum Gasteiger partial charge on any atom is -0.496 e. The molecule has 1 saturated carbocycles. The fourth-order valence-electron chi connectivity index (χ4n) is 3.24. The molecule has 4 rings (SSSR count). The Morgan fingerprint density at radius 3 is 2.75 bits per heavy atom. The van der Waals surface area contributed by atoms with Crippen LogP contribution in [-0.4, -0.2) is 35.9 Å². The molecule has 1 aromatic heterocycles. The molecule has 0 radical (unpaired) electrons. The number of rotatable bonds is 3. The number of anilines is 1. The van der Waals surface area contributed by atoms with E-state index < -0.39 is 5.60 Å². The molecule has 104 valence electrons. The third kappa shape index (κ3) is 1.68. The molecule has 2 aromatic rings. The van der Waals surface area contributed by atoms with Crippen LogP contribution in [0.25, 0.3) is 10.8 Å². The number of aromatic nitrogens is 1. The number of methoxy groups -OCH3 is 1. The molecule has 0 amide bonds. The quantitative estimate of drug-likeness (QED) is 0.928. The molecule has 0 spiro atoms. The van der Waals surface area contributed by atoms with Gasteiger partial charge in [0, 0.05) is 17.0 Å². The summed E-state index contributed by atoms with van der Waals surface area (Å²) in [4.78, 5) is 6.68. The zero-order valence-electron chi connectivity index (χ0n) is 11.5. The molecular weight excluding hydrogens is 252 g/mol. The SMILES string of the molecule is COc1cccc2c(N3CC(O)(C4CC4)C3)nccc12. The fourth-order valence-corrected chi connectivity index (χ4v) is 3.24. The van der Waals surface area contributed by atoms with Crippen molar-refractivity contribution >= 4 is 16.6 Å². The summed E-state index contributed by atoms with van der Waals surface area (Å²) in [6.45, 7) is 1.39. The molecule has 2 heterocycles. The van der Waals surface area contributed by atoms with Gasteiger partial charge in [-0.15, -0.1) is 0 Å². The highest BCUT2D eigenvalue weighted by Crippen LogP contribution is 2.46. The summed E-state index contributed by atoms with van der Waals surface area (Å²) in [5, 5.41) is 12.6. The zero-order valence-corrected chi connectivity index (χ0v) is 11.5. The minimum atomic E-state index is -0.483. The Hall–Kier alpha value is -1.81. The van der Waals surface area contributed by atoms with Crippen LogP contribution in [0.5, 0.6) is 5.75 Å². The summed E-state index contributed by atoms with van der Waals surface area (Å²) in [7, 11) is 1.68. The van der Waals surface area contributed by atoms with E-state index in [2.05, 4.69) is 16.0 Å². The molecule has 0 unspecified atom stereocenters. The number of pyridine rings is 1. The van der Waals surface area contributed by atoms with E-state index in [0.29, 0.717) is 19.0 Å². The number of benzene rings is 1. The average Bonchev–Trinajstić information content (AvgIpc) is 3.27. The van der Waals surface area contributed by atoms with Crippen molar-refractivity contribution in [3.8, 4) is 5.75 Å². The van der Waals surface area contributed by atoms with Crippen molar-refractivity contribution < 1.29 is 9.84 Å². The second-order valence-corrected chi connectivity index (χ2v) is 5.92. The van der Waals surface area contributed by atoms with Crippen LogP contribution in [0.4, 0.5) is 5.82 Å². The first-order valence-electron chi connectivity index (χ1n) is 7.10. The Morgan fingerprint density at radius 1 is 1.25 bits per heavy atom. The van der Waals surface area contributed by atoms with Crippen LogP contribution >= 0.6 is 0 Å². The molecule has 1 aliphatic carbocycles. The minimum absolute atomic E-state index is 0.483. The number of aliphatic hydroxyl groups is 1. The standard InChI is InChI=1S/C16H18N2O2/c1-20-14-4-2-3-13-12(14)7-8-17-15(13)18-9-16(19,10-18)11-5-6-11/h2-4,7-8,11,19H,5-6,9-10H2,1H3. The Labute approximate surface area is 118 Å². The lowest BCUT2D eigenvalue weighted by Gasteiger charge is -2.48. The maximum absolute atomic E-state index is 10.5. The summed E-state index contributed by atoms with van der Waals surface area (Å²) < 4.78 is 5.41. The van der Waals surface area contributed by atoms with Gasteiger partial charge in [-0.2, -0.15) is 0 Å². The van der Waals surface area contributed by atoms with E-state index in [0.717, 1.165) is 22.3 Å². The van der Waals surface area contributed by atoms with E-state index in [-0.39, 0.29) is 0 Å². The molecular formula is C16H18N2O2. The van der Waals surface area contributed by atoms with Crippen LogP contribution < -0.4 is 9.64 Å². The van der Waals surface area contributed by atoms with Crippen LogP contribution in [0.1, 0.15) is 12.8 Å². The van der Waals surface area contributed by atoms with E-state index >= 15 is 0 Å². The summed E-state index contributed by atoms with van der Waals surface area (Å²) in [6, 6.07) is 7.99. The molecule has 0 bridgehead atoms. The Kier molecular flexibility index (Phi) is 2.45. The average molecular weight is 270 g/mol. The maximum Gasteiger partial charge on any atom is 0.136 e. The van der Waals surface area contributed by atoms with Gasteiger partial charge in [0.05, 0.1) is 20.2 Å². The largest absolute Gasteiger partial charge is 0.496 e. The van der Waals surface area contributed by atoms with Gasteiger partial charge >= 0.3 is 0 Å². The number of ether oxygens (including phenoxy) is 1. The first-order chi connectivity index (χ1) is 9.71. The number of nitrogens with zero attached hydrogens (tertiary/aromatic N) is 2. The van der Waals surface area contributed by atoms with E-state index in [9.17, 15) is 5.11 Å². The number of hydrogen-bond acceptors (Lipinski definition) is 4. The molecule has 4 heteroatoms. The van der Waals surface area contributed by atoms with Crippen LogP contribution in [0.15, 0.2) is 30.5 Å². The summed E-state index contributed by atoms with van der Waals surface area (Å²) in [5.41, 5.74) is -0.483. The highest BCUT2D eigenvalue weighted by molar-refractivity contribution is 5.96. The van der Waals surface area contributed by atoms with Crippen LogP contribution in [0, 0.1) is 5.92 Å².